The maximum Gasteiger partial charge on any atom is 0.118 e. The van der Waals surface area contributed by atoms with Crippen LogP contribution < -0.4 is 10.1 Å². The van der Waals surface area contributed by atoms with Gasteiger partial charge in [-0.2, -0.15) is 0 Å². The van der Waals surface area contributed by atoms with Crippen molar-refractivity contribution in [2.75, 3.05) is 26.9 Å². The van der Waals surface area contributed by atoms with Crippen LogP contribution >= 0.6 is 0 Å². The Bertz CT molecular complexity index is 358. The second-order valence-corrected chi connectivity index (χ2v) is 5.23. The van der Waals surface area contributed by atoms with E-state index in [-0.39, 0.29) is 0 Å². The summed E-state index contributed by atoms with van der Waals surface area (Å²) < 4.78 is 10.7. The lowest BCUT2D eigenvalue weighted by molar-refractivity contribution is 0.0537. The molecule has 1 aliphatic rings. The quantitative estimate of drug-likeness (QED) is 0.855. The standard InChI is InChI=1S/C16H25NO2/c1-3-16(14-6-8-15(18-2)9-7-14)17-11-13-5-4-10-19-12-13/h6-9,13,16-17H,3-5,10-12H2,1-2H3. The summed E-state index contributed by atoms with van der Waals surface area (Å²) in [5.74, 6) is 1.58. The highest BCUT2D eigenvalue weighted by molar-refractivity contribution is 5.29. The van der Waals surface area contributed by atoms with Gasteiger partial charge in [0.1, 0.15) is 5.75 Å². The number of nitrogens with one attached hydrogen (secondary N) is 1. The molecule has 3 nitrogen and oxygen atoms in total. The Morgan fingerprint density at radius 1 is 1.37 bits per heavy atom. The first kappa shape index (κ1) is 14.4. The Morgan fingerprint density at radius 3 is 2.74 bits per heavy atom. The molecular weight excluding hydrogens is 238 g/mol. The zero-order chi connectivity index (χ0) is 13.5. The number of hydrogen-bond acceptors (Lipinski definition) is 3. The van der Waals surface area contributed by atoms with Crippen LogP contribution in [0.2, 0.25) is 0 Å². The van der Waals surface area contributed by atoms with Gasteiger partial charge >= 0.3 is 0 Å². The van der Waals surface area contributed by atoms with Gasteiger partial charge in [0, 0.05) is 19.2 Å². The Balaban J connectivity index is 1.87. The molecule has 0 radical (unpaired) electrons. The van der Waals surface area contributed by atoms with E-state index in [1.54, 1.807) is 7.11 Å². The molecule has 1 heterocycles. The van der Waals surface area contributed by atoms with Gasteiger partial charge in [-0.05, 0) is 42.9 Å². The molecular formula is C16H25NO2. The highest BCUT2D eigenvalue weighted by atomic mass is 16.5. The molecule has 1 N–H and O–H groups in total. The summed E-state index contributed by atoms with van der Waals surface area (Å²) in [5, 5.41) is 3.67. The van der Waals surface area contributed by atoms with E-state index in [1.807, 2.05) is 12.1 Å². The van der Waals surface area contributed by atoms with Gasteiger partial charge in [-0.15, -0.1) is 0 Å². The second kappa shape index (κ2) is 7.51. The molecule has 1 saturated heterocycles. The van der Waals surface area contributed by atoms with Crippen molar-refractivity contribution < 1.29 is 9.47 Å². The fourth-order valence-corrected chi connectivity index (χ4v) is 2.61. The summed E-state index contributed by atoms with van der Waals surface area (Å²) in [6.45, 7) is 5.11. The maximum absolute atomic E-state index is 5.53. The Morgan fingerprint density at radius 2 is 2.16 bits per heavy atom. The van der Waals surface area contributed by atoms with E-state index in [9.17, 15) is 0 Å². The number of hydrogen-bond donors (Lipinski definition) is 1. The third-order valence-corrected chi connectivity index (χ3v) is 3.83. The molecule has 0 amide bonds. The molecule has 0 saturated carbocycles. The number of methoxy groups -OCH3 is 1. The largest absolute Gasteiger partial charge is 0.497 e. The average Bonchev–Trinajstić information content (AvgIpc) is 2.49. The molecule has 0 aromatic heterocycles. The van der Waals surface area contributed by atoms with Crippen molar-refractivity contribution in [3.63, 3.8) is 0 Å². The first-order valence-electron chi connectivity index (χ1n) is 7.28. The van der Waals surface area contributed by atoms with Crippen LogP contribution in [-0.4, -0.2) is 26.9 Å². The second-order valence-electron chi connectivity index (χ2n) is 5.23. The molecule has 0 bridgehead atoms. The third-order valence-electron chi connectivity index (χ3n) is 3.83. The van der Waals surface area contributed by atoms with Crippen LogP contribution in [0.1, 0.15) is 37.8 Å². The fourth-order valence-electron chi connectivity index (χ4n) is 2.61. The normalized spacial score (nSPS) is 21.1. The van der Waals surface area contributed by atoms with Crippen LogP contribution in [0.25, 0.3) is 0 Å². The number of rotatable bonds is 6. The van der Waals surface area contributed by atoms with Crippen molar-refractivity contribution in [1.82, 2.24) is 5.32 Å². The molecule has 0 aliphatic carbocycles. The van der Waals surface area contributed by atoms with Crippen LogP contribution in [0, 0.1) is 5.92 Å². The molecule has 3 heteroatoms. The summed E-state index contributed by atoms with van der Waals surface area (Å²) in [5.41, 5.74) is 1.33. The van der Waals surface area contributed by atoms with E-state index >= 15 is 0 Å². The molecule has 1 aromatic carbocycles. The van der Waals surface area contributed by atoms with Gasteiger partial charge in [0.15, 0.2) is 0 Å². The molecule has 1 aromatic rings. The predicted octanol–water partition coefficient (Wildman–Crippen LogP) is 3.16. The van der Waals surface area contributed by atoms with E-state index in [4.69, 9.17) is 9.47 Å². The third kappa shape index (κ3) is 4.22. The first-order chi connectivity index (χ1) is 9.33. The minimum absolute atomic E-state index is 0.424. The van der Waals surface area contributed by atoms with Gasteiger partial charge in [0.25, 0.3) is 0 Å². The Hall–Kier alpha value is -1.06. The molecule has 106 valence electrons. The summed E-state index contributed by atoms with van der Waals surface area (Å²) in [7, 11) is 1.70. The molecule has 2 unspecified atom stereocenters. The monoisotopic (exact) mass is 263 g/mol. The van der Waals surface area contributed by atoms with Crippen molar-refractivity contribution in [3.05, 3.63) is 29.8 Å². The molecule has 19 heavy (non-hydrogen) atoms. The molecule has 1 aliphatic heterocycles. The molecule has 2 atom stereocenters. The van der Waals surface area contributed by atoms with Gasteiger partial charge in [-0.25, -0.2) is 0 Å². The summed E-state index contributed by atoms with van der Waals surface area (Å²) in [4.78, 5) is 0. The zero-order valence-corrected chi connectivity index (χ0v) is 12.0. The van der Waals surface area contributed by atoms with Gasteiger partial charge in [0.2, 0.25) is 0 Å². The van der Waals surface area contributed by atoms with Gasteiger partial charge in [0.05, 0.1) is 13.7 Å². The highest BCUT2D eigenvalue weighted by Gasteiger charge is 2.16. The Kier molecular flexibility index (Phi) is 5.67. The zero-order valence-electron chi connectivity index (χ0n) is 12.0. The lowest BCUT2D eigenvalue weighted by atomic mass is 10.00. The highest BCUT2D eigenvalue weighted by Crippen LogP contribution is 2.21. The van der Waals surface area contributed by atoms with Crippen molar-refractivity contribution in [1.29, 1.82) is 0 Å². The predicted molar refractivity (Wildman–Crippen MR) is 77.6 cm³/mol. The molecule has 2 rings (SSSR count). The SMILES string of the molecule is CCC(NCC1CCCOC1)c1ccc(OC)cc1. The molecule has 1 fully saturated rings. The van der Waals surface area contributed by atoms with Gasteiger partial charge in [-0.3, -0.25) is 0 Å². The summed E-state index contributed by atoms with van der Waals surface area (Å²) >= 11 is 0. The minimum Gasteiger partial charge on any atom is -0.497 e. The van der Waals surface area contributed by atoms with Crippen LogP contribution in [0.5, 0.6) is 5.75 Å². The van der Waals surface area contributed by atoms with E-state index in [1.165, 1.54) is 18.4 Å². The van der Waals surface area contributed by atoms with Crippen molar-refractivity contribution in [3.8, 4) is 5.75 Å². The smallest absolute Gasteiger partial charge is 0.118 e. The van der Waals surface area contributed by atoms with Crippen molar-refractivity contribution in [2.45, 2.75) is 32.2 Å². The molecule has 0 spiro atoms. The lowest BCUT2D eigenvalue weighted by Gasteiger charge is -2.25. The first-order valence-corrected chi connectivity index (χ1v) is 7.28. The Labute approximate surface area is 116 Å². The minimum atomic E-state index is 0.424. The summed E-state index contributed by atoms with van der Waals surface area (Å²) in [6, 6.07) is 8.79. The lowest BCUT2D eigenvalue weighted by Crippen LogP contribution is -2.31. The van der Waals surface area contributed by atoms with E-state index < -0.39 is 0 Å². The topological polar surface area (TPSA) is 30.5 Å². The number of ether oxygens (including phenoxy) is 2. The van der Waals surface area contributed by atoms with Crippen molar-refractivity contribution in [2.24, 2.45) is 5.92 Å². The maximum atomic E-state index is 5.53. The van der Waals surface area contributed by atoms with Crippen LogP contribution in [0.3, 0.4) is 0 Å². The van der Waals surface area contributed by atoms with E-state index in [0.717, 1.165) is 31.9 Å². The average molecular weight is 263 g/mol. The van der Waals surface area contributed by atoms with Crippen LogP contribution in [0.15, 0.2) is 24.3 Å². The van der Waals surface area contributed by atoms with Gasteiger partial charge in [-0.1, -0.05) is 19.1 Å². The summed E-state index contributed by atoms with van der Waals surface area (Å²) in [6.07, 6.45) is 3.58. The van der Waals surface area contributed by atoms with Crippen LogP contribution in [-0.2, 0) is 4.74 Å². The van der Waals surface area contributed by atoms with Crippen LogP contribution in [0.4, 0.5) is 0 Å². The van der Waals surface area contributed by atoms with E-state index in [0.29, 0.717) is 12.0 Å². The van der Waals surface area contributed by atoms with Gasteiger partial charge < -0.3 is 14.8 Å². The fraction of sp³-hybridized carbons (Fsp3) is 0.625. The number of benzene rings is 1. The van der Waals surface area contributed by atoms with E-state index in [2.05, 4.69) is 24.4 Å². The van der Waals surface area contributed by atoms with Crippen molar-refractivity contribution >= 4 is 0 Å².